The molecule has 1 saturated heterocycles. The van der Waals surface area contributed by atoms with Gasteiger partial charge in [0.25, 0.3) is 5.91 Å². The molecule has 3 rings (SSSR count). The first-order valence-electron chi connectivity index (χ1n) is 10.9. The number of halogens is 6. The summed E-state index contributed by atoms with van der Waals surface area (Å²) < 4.78 is 89.4. The van der Waals surface area contributed by atoms with Crippen LogP contribution in [-0.2, 0) is 17.1 Å². The molecule has 1 fully saturated rings. The Bertz CT molecular complexity index is 1080. The van der Waals surface area contributed by atoms with Gasteiger partial charge >= 0.3 is 18.4 Å². The molecule has 0 saturated carbocycles. The van der Waals surface area contributed by atoms with Gasteiger partial charge < -0.3 is 19.7 Å². The van der Waals surface area contributed by atoms with Crippen LogP contribution in [0.5, 0.6) is 5.75 Å². The van der Waals surface area contributed by atoms with Crippen LogP contribution in [0.3, 0.4) is 0 Å². The highest BCUT2D eigenvalue weighted by Gasteiger charge is 2.37. The molecule has 1 aliphatic heterocycles. The average molecular weight is 518 g/mol. The molecule has 0 radical (unpaired) electrons. The van der Waals surface area contributed by atoms with Crippen LogP contribution in [0, 0.1) is 0 Å². The fourth-order valence-corrected chi connectivity index (χ4v) is 3.42. The lowest BCUT2D eigenvalue weighted by atomic mass is 10.0. The number of anilines is 1. The van der Waals surface area contributed by atoms with E-state index in [1.807, 2.05) is 0 Å². The molecule has 2 aromatic carbocycles. The number of rotatable bonds is 4. The number of carbonyl (C=O) groups excluding carboxylic acids is 2. The number of hydrogen-bond donors (Lipinski definition) is 1. The number of nitrogens with zero attached hydrogens (tertiary/aromatic N) is 1. The standard InChI is InChI=1S/C24H24F6N2O4/c1-22(2,3)36-21(34)32-9-8-19(13-32)35-18-6-4-17(5-7-18)31-20(33)14-10-15(23(25,26)27)12-16(11-14)24(28,29)30/h4-7,10-12,19H,8-9,13H2,1-3H3,(H,31,33). The van der Waals surface area contributed by atoms with Crippen molar-refractivity contribution in [3.05, 3.63) is 59.2 Å². The first kappa shape index (κ1) is 27.2. The topological polar surface area (TPSA) is 67.9 Å². The van der Waals surface area contributed by atoms with Crippen molar-refractivity contribution in [2.24, 2.45) is 0 Å². The molecule has 0 aliphatic carbocycles. The minimum Gasteiger partial charge on any atom is -0.489 e. The van der Waals surface area contributed by atoms with E-state index in [-0.39, 0.29) is 17.9 Å². The van der Waals surface area contributed by atoms with E-state index < -0.39 is 46.6 Å². The van der Waals surface area contributed by atoms with Gasteiger partial charge in [-0.3, -0.25) is 4.79 Å². The molecular formula is C24H24F6N2O4. The molecule has 6 nitrogen and oxygen atoms in total. The zero-order valence-corrected chi connectivity index (χ0v) is 19.6. The van der Waals surface area contributed by atoms with Crippen molar-refractivity contribution < 1.29 is 45.4 Å². The number of likely N-dealkylation sites (tertiary alicyclic amines) is 1. The molecule has 1 unspecified atom stereocenters. The predicted molar refractivity (Wildman–Crippen MR) is 118 cm³/mol. The molecule has 1 aliphatic rings. The molecular weight excluding hydrogens is 494 g/mol. The number of ether oxygens (including phenoxy) is 2. The van der Waals surface area contributed by atoms with Gasteiger partial charge in [-0.2, -0.15) is 26.3 Å². The largest absolute Gasteiger partial charge is 0.489 e. The van der Waals surface area contributed by atoms with Gasteiger partial charge in [0, 0.05) is 24.2 Å². The van der Waals surface area contributed by atoms with Gasteiger partial charge in [-0.15, -0.1) is 0 Å². The van der Waals surface area contributed by atoms with Gasteiger partial charge in [0.1, 0.15) is 17.5 Å². The third-order valence-electron chi connectivity index (χ3n) is 5.06. The lowest BCUT2D eigenvalue weighted by Crippen LogP contribution is -2.36. The summed E-state index contributed by atoms with van der Waals surface area (Å²) in [6, 6.07) is 6.43. The van der Waals surface area contributed by atoms with Gasteiger partial charge in [0.05, 0.1) is 17.7 Å². The third kappa shape index (κ3) is 7.28. The fourth-order valence-electron chi connectivity index (χ4n) is 3.42. The van der Waals surface area contributed by atoms with Gasteiger partial charge in [0.15, 0.2) is 0 Å². The van der Waals surface area contributed by atoms with Crippen LogP contribution < -0.4 is 10.1 Å². The summed E-state index contributed by atoms with van der Waals surface area (Å²) in [5.41, 5.74) is -4.43. The first-order valence-corrected chi connectivity index (χ1v) is 10.9. The molecule has 0 aromatic heterocycles. The van der Waals surface area contributed by atoms with Crippen molar-refractivity contribution >= 4 is 17.7 Å². The van der Waals surface area contributed by atoms with Crippen LogP contribution in [0.1, 0.15) is 48.7 Å². The number of benzene rings is 2. The van der Waals surface area contributed by atoms with Crippen LogP contribution in [0.25, 0.3) is 0 Å². The molecule has 1 N–H and O–H groups in total. The Morgan fingerprint density at radius 2 is 1.47 bits per heavy atom. The molecule has 2 aromatic rings. The van der Waals surface area contributed by atoms with E-state index in [0.29, 0.717) is 37.4 Å². The van der Waals surface area contributed by atoms with E-state index in [4.69, 9.17) is 9.47 Å². The fraction of sp³-hybridized carbons (Fsp3) is 0.417. The summed E-state index contributed by atoms with van der Waals surface area (Å²) in [5.74, 6) is -0.730. The van der Waals surface area contributed by atoms with Crippen LogP contribution in [0.2, 0.25) is 0 Å². The van der Waals surface area contributed by atoms with Gasteiger partial charge in [-0.1, -0.05) is 0 Å². The molecule has 12 heteroatoms. The first-order chi connectivity index (χ1) is 16.5. The predicted octanol–water partition coefficient (Wildman–Crippen LogP) is 6.36. The van der Waals surface area contributed by atoms with Crippen LogP contribution >= 0.6 is 0 Å². The summed E-state index contributed by atoms with van der Waals surface area (Å²) in [7, 11) is 0. The Morgan fingerprint density at radius 3 is 1.97 bits per heavy atom. The molecule has 1 atom stereocenters. The second kappa shape index (κ2) is 9.90. The summed E-state index contributed by atoms with van der Waals surface area (Å²) in [4.78, 5) is 26.1. The monoisotopic (exact) mass is 518 g/mol. The van der Waals surface area contributed by atoms with Crippen LogP contribution in [0.15, 0.2) is 42.5 Å². The molecule has 196 valence electrons. The van der Waals surface area contributed by atoms with Gasteiger partial charge in [-0.05, 0) is 63.2 Å². The zero-order valence-electron chi connectivity index (χ0n) is 19.6. The smallest absolute Gasteiger partial charge is 0.416 e. The second-order valence-electron chi connectivity index (χ2n) is 9.23. The number of carbonyl (C=O) groups is 2. The lowest BCUT2D eigenvalue weighted by Gasteiger charge is -2.24. The van der Waals surface area contributed by atoms with E-state index in [1.54, 1.807) is 20.8 Å². The van der Waals surface area contributed by atoms with E-state index in [0.717, 1.165) is 0 Å². The number of nitrogens with one attached hydrogen (secondary N) is 1. The Labute approximate surface area is 203 Å². The minimum absolute atomic E-state index is 0.0458. The van der Waals surface area contributed by atoms with Crippen molar-refractivity contribution in [2.45, 2.75) is 51.2 Å². The molecule has 0 spiro atoms. The van der Waals surface area contributed by atoms with Crippen molar-refractivity contribution in [3.63, 3.8) is 0 Å². The molecule has 36 heavy (non-hydrogen) atoms. The Kier molecular flexibility index (Phi) is 7.47. The van der Waals surface area contributed by atoms with E-state index in [1.165, 1.54) is 29.2 Å². The number of hydrogen-bond acceptors (Lipinski definition) is 4. The van der Waals surface area contributed by atoms with Crippen molar-refractivity contribution in [1.29, 1.82) is 0 Å². The number of amides is 2. The van der Waals surface area contributed by atoms with Gasteiger partial charge in [-0.25, -0.2) is 4.79 Å². The summed E-state index contributed by atoms with van der Waals surface area (Å²) >= 11 is 0. The highest BCUT2D eigenvalue weighted by atomic mass is 19.4. The minimum atomic E-state index is -5.06. The van der Waals surface area contributed by atoms with Crippen molar-refractivity contribution in [2.75, 3.05) is 18.4 Å². The Morgan fingerprint density at radius 1 is 0.917 bits per heavy atom. The third-order valence-corrected chi connectivity index (χ3v) is 5.06. The van der Waals surface area contributed by atoms with E-state index in [2.05, 4.69) is 5.32 Å². The van der Waals surface area contributed by atoms with Crippen LogP contribution in [0.4, 0.5) is 36.8 Å². The SMILES string of the molecule is CC(C)(C)OC(=O)N1CCC(Oc2ccc(NC(=O)c3cc(C(F)(F)F)cc(C(F)(F)F)c3)cc2)C1. The normalized spacial score (nSPS) is 16.6. The molecule has 2 amide bonds. The summed E-state index contributed by atoms with van der Waals surface area (Å²) in [5, 5.41) is 2.28. The zero-order chi connectivity index (χ0) is 26.9. The van der Waals surface area contributed by atoms with Crippen molar-refractivity contribution in [3.8, 4) is 5.75 Å². The average Bonchev–Trinajstić information content (AvgIpc) is 3.21. The maximum absolute atomic E-state index is 13.0. The number of alkyl halides is 6. The second-order valence-corrected chi connectivity index (χ2v) is 9.23. The van der Waals surface area contributed by atoms with Crippen molar-refractivity contribution in [1.82, 2.24) is 4.90 Å². The summed E-state index contributed by atoms with van der Waals surface area (Å²) in [6.07, 6.45) is -10.3. The van der Waals surface area contributed by atoms with Crippen LogP contribution in [-0.4, -0.2) is 41.7 Å². The molecule has 0 bridgehead atoms. The van der Waals surface area contributed by atoms with Gasteiger partial charge in [0.2, 0.25) is 0 Å². The quantitative estimate of drug-likeness (QED) is 0.478. The Hall–Kier alpha value is -3.44. The maximum Gasteiger partial charge on any atom is 0.416 e. The maximum atomic E-state index is 13.0. The summed E-state index contributed by atoms with van der Waals surface area (Å²) in [6.45, 7) is 6.04. The lowest BCUT2D eigenvalue weighted by molar-refractivity contribution is -0.143. The van der Waals surface area contributed by atoms with E-state index >= 15 is 0 Å². The Balaban J connectivity index is 1.64. The highest BCUT2D eigenvalue weighted by molar-refractivity contribution is 6.04. The van der Waals surface area contributed by atoms with E-state index in [9.17, 15) is 35.9 Å². The highest BCUT2D eigenvalue weighted by Crippen LogP contribution is 2.36. The molecule has 1 heterocycles.